The molecule has 2 aliphatic carbocycles. The Morgan fingerprint density at radius 1 is 1.09 bits per heavy atom. The lowest BCUT2D eigenvalue weighted by Gasteiger charge is -2.19. The molecule has 33 heavy (non-hydrogen) atoms. The number of carbonyl (C=O) groups excluding carboxylic acids is 2. The lowest BCUT2D eigenvalue weighted by molar-refractivity contribution is -0.140. The van der Waals surface area contributed by atoms with Crippen LogP contribution in [0.1, 0.15) is 25.3 Å². The molecule has 2 amide bonds. The normalized spacial score (nSPS) is 25.5. The van der Waals surface area contributed by atoms with Crippen LogP contribution in [0.2, 0.25) is 0 Å². The van der Waals surface area contributed by atoms with Crippen molar-refractivity contribution in [3.05, 3.63) is 48.0 Å². The Morgan fingerprint density at radius 3 is 2.39 bits per heavy atom. The zero-order valence-corrected chi connectivity index (χ0v) is 21.9. The molecule has 0 spiro atoms. The molecule has 2 fully saturated rings. The molecule has 2 bridgehead atoms. The maximum Gasteiger partial charge on any atom is 0.233 e. The third-order valence-corrected chi connectivity index (χ3v) is 6.80. The molecule has 4 rings (SSSR count). The number of carbonyl (C=O) groups is 2. The van der Waals surface area contributed by atoms with Crippen molar-refractivity contribution in [1.82, 2.24) is 20.4 Å². The summed E-state index contributed by atoms with van der Waals surface area (Å²) in [6.45, 7) is 6.47. The van der Waals surface area contributed by atoms with E-state index >= 15 is 0 Å². The summed E-state index contributed by atoms with van der Waals surface area (Å²) in [7, 11) is 2.11. The Morgan fingerprint density at radius 2 is 1.76 bits per heavy atom. The monoisotopic (exact) mass is 565 g/mol. The van der Waals surface area contributed by atoms with Gasteiger partial charge in [-0.25, -0.2) is 0 Å². The first kappa shape index (κ1) is 25.7. The molecule has 0 aromatic heterocycles. The van der Waals surface area contributed by atoms with E-state index in [9.17, 15) is 9.59 Å². The van der Waals surface area contributed by atoms with Gasteiger partial charge in [0, 0.05) is 39.3 Å². The van der Waals surface area contributed by atoms with E-state index in [1.54, 1.807) is 0 Å². The zero-order valence-electron chi connectivity index (χ0n) is 19.6. The Bertz CT molecular complexity index is 845. The number of allylic oxidation sites excluding steroid dienone is 2. The van der Waals surface area contributed by atoms with Crippen LogP contribution in [0.3, 0.4) is 0 Å². The summed E-state index contributed by atoms with van der Waals surface area (Å²) in [4.78, 5) is 33.9. The number of halogens is 1. The summed E-state index contributed by atoms with van der Waals surface area (Å²) in [5.41, 5.74) is 1.30. The second-order valence-corrected chi connectivity index (χ2v) is 9.09. The van der Waals surface area contributed by atoms with Gasteiger partial charge in [-0.15, -0.1) is 24.0 Å². The van der Waals surface area contributed by atoms with Crippen molar-refractivity contribution in [2.45, 2.75) is 26.3 Å². The van der Waals surface area contributed by atoms with Crippen LogP contribution in [0.25, 0.3) is 0 Å². The molecule has 0 radical (unpaired) electrons. The molecule has 180 valence electrons. The number of aliphatic imine (C=N–C) groups is 1. The van der Waals surface area contributed by atoms with Crippen LogP contribution in [0, 0.1) is 23.7 Å². The average molecular weight is 566 g/mol. The van der Waals surface area contributed by atoms with Gasteiger partial charge in [-0.3, -0.25) is 19.5 Å². The van der Waals surface area contributed by atoms with E-state index < -0.39 is 0 Å². The van der Waals surface area contributed by atoms with Gasteiger partial charge in [0.15, 0.2) is 5.96 Å². The number of rotatable bonds is 10. The van der Waals surface area contributed by atoms with Crippen molar-refractivity contribution >= 4 is 41.8 Å². The topological polar surface area (TPSA) is 77.0 Å². The number of nitrogens with one attached hydrogen (secondary N) is 2. The summed E-state index contributed by atoms with van der Waals surface area (Å²) in [6, 6.07) is 10.4. The number of hydrogen-bond acceptors (Lipinski definition) is 4. The van der Waals surface area contributed by atoms with Gasteiger partial charge < -0.3 is 15.5 Å². The Hall–Kier alpha value is -1.94. The summed E-state index contributed by atoms with van der Waals surface area (Å²) in [6.07, 6.45) is 5.93. The van der Waals surface area contributed by atoms with Gasteiger partial charge in [-0.05, 0) is 44.2 Å². The molecule has 7 nitrogen and oxygen atoms in total. The summed E-state index contributed by atoms with van der Waals surface area (Å²) < 4.78 is 0. The highest BCUT2D eigenvalue weighted by Gasteiger charge is 2.58. The van der Waals surface area contributed by atoms with Crippen molar-refractivity contribution in [3.8, 4) is 0 Å². The first-order valence-electron chi connectivity index (χ1n) is 11.9. The highest BCUT2D eigenvalue weighted by Crippen LogP contribution is 2.52. The van der Waals surface area contributed by atoms with Crippen LogP contribution in [0.15, 0.2) is 47.5 Å². The quantitative estimate of drug-likeness (QED) is 0.114. The highest BCUT2D eigenvalue weighted by atomic mass is 127. The van der Waals surface area contributed by atoms with Gasteiger partial charge in [-0.1, -0.05) is 42.5 Å². The Labute approximate surface area is 214 Å². The Balaban J connectivity index is 0.00000306. The zero-order chi connectivity index (χ0) is 22.5. The Kier molecular flexibility index (Phi) is 9.31. The van der Waals surface area contributed by atoms with Crippen molar-refractivity contribution < 1.29 is 9.59 Å². The molecule has 1 saturated heterocycles. The van der Waals surface area contributed by atoms with Gasteiger partial charge in [0.05, 0.1) is 11.8 Å². The van der Waals surface area contributed by atoms with Gasteiger partial charge in [0.1, 0.15) is 0 Å². The minimum absolute atomic E-state index is 0. The fourth-order valence-corrected chi connectivity index (χ4v) is 5.29. The van der Waals surface area contributed by atoms with E-state index in [1.165, 1.54) is 10.5 Å². The second kappa shape index (κ2) is 12.0. The van der Waals surface area contributed by atoms with E-state index in [4.69, 9.17) is 0 Å². The minimum Gasteiger partial charge on any atom is -0.357 e. The maximum absolute atomic E-state index is 12.8. The average Bonchev–Trinajstić information content (AvgIpc) is 3.46. The molecule has 4 unspecified atom stereocenters. The van der Waals surface area contributed by atoms with E-state index in [-0.39, 0.29) is 59.5 Å². The minimum atomic E-state index is -0.104. The van der Waals surface area contributed by atoms with Crippen molar-refractivity contribution in [2.75, 3.05) is 39.8 Å². The van der Waals surface area contributed by atoms with Gasteiger partial charge in [0.25, 0.3) is 0 Å². The third-order valence-electron chi connectivity index (χ3n) is 6.80. The van der Waals surface area contributed by atoms with Crippen LogP contribution >= 0.6 is 24.0 Å². The number of benzene rings is 1. The number of hydrogen-bond donors (Lipinski definition) is 2. The molecule has 3 aliphatic rings. The molecular weight excluding hydrogens is 529 g/mol. The predicted octanol–water partition coefficient (Wildman–Crippen LogP) is 2.49. The van der Waals surface area contributed by atoms with Crippen molar-refractivity contribution in [1.29, 1.82) is 0 Å². The third kappa shape index (κ3) is 5.95. The van der Waals surface area contributed by atoms with Crippen LogP contribution < -0.4 is 10.6 Å². The van der Waals surface area contributed by atoms with Gasteiger partial charge in [-0.2, -0.15) is 0 Å². The summed E-state index contributed by atoms with van der Waals surface area (Å²) in [5.74, 6) is 1.18. The number of nitrogens with zero attached hydrogens (tertiary/aromatic N) is 3. The molecule has 1 aromatic rings. The largest absolute Gasteiger partial charge is 0.357 e. The fraction of sp³-hybridized carbons (Fsp3) is 0.560. The lowest BCUT2D eigenvalue weighted by Crippen LogP contribution is -2.41. The lowest BCUT2D eigenvalue weighted by atomic mass is 9.85. The molecule has 1 aliphatic heterocycles. The van der Waals surface area contributed by atoms with Gasteiger partial charge >= 0.3 is 0 Å². The van der Waals surface area contributed by atoms with Gasteiger partial charge in [0.2, 0.25) is 11.8 Å². The van der Waals surface area contributed by atoms with Crippen molar-refractivity contribution in [2.24, 2.45) is 28.7 Å². The summed E-state index contributed by atoms with van der Waals surface area (Å²) >= 11 is 0. The molecule has 1 heterocycles. The number of amides is 2. The summed E-state index contributed by atoms with van der Waals surface area (Å²) in [5, 5.41) is 6.65. The first-order valence-corrected chi connectivity index (χ1v) is 11.9. The molecule has 8 heteroatoms. The molecule has 2 N–H and O–H groups in total. The highest BCUT2D eigenvalue weighted by molar-refractivity contribution is 14.0. The number of fused-ring (bicyclic) bond motifs is 5. The molecule has 1 aromatic carbocycles. The number of likely N-dealkylation sites (N-methyl/N-ethyl adjacent to an activating group) is 1. The molecule has 1 saturated carbocycles. The second-order valence-electron chi connectivity index (χ2n) is 9.09. The van der Waals surface area contributed by atoms with Crippen molar-refractivity contribution in [3.63, 3.8) is 0 Å². The van der Waals surface area contributed by atoms with Crippen LogP contribution in [-0.4, -0.2) is 67.3 Å². The smallest absolute Gasteiger partial charge is 0.233 e. The van der Waals surface area contributed by atoms with E-state index in [0.29, 0.717) is 19.5 Å². The molecular formula is C25H36IN5O2. The van der Waals surface area contributed by atoms with Crippen LogP contribution in [0.4, 0.5) is 0 Å². The maximum atomic E-state index is 12.8. The predicted molar refractivity (Wildman–Crippen MR) is 141 cm³/mol. The molecule has 4 atom stereocenters. The number of likely N-dealkylation sites (tertiary alicyclic amines) is 1. The number of guanidine groups is 1. The van der Waals surface area contributed by atoms with E-state index in [2.05, 4.69) is 64.0 Å². The van der Waals surface area contributed by atoms with Crippen LogP contribution in [-0.2, 0) is 16.1 Å². The first-order chi connectivity index (χ1) is 15.6. The fourth-order valence-electron chi connectivity index (χ4n) is 5.29. The van der Waals surface area contributed by atoms with E-state index in [0.717, 1.165) is 38.6 Å². The number of imide groups is 1. The van der Waals surface area contributed by atoms with Crippen LogP contribution in [0.5, 0.6) is 0 Å². The standard InChI is InChI=1S/C25H35N5O2.HI/c1-3-26-25(28-13-15-29(2)17-18-8-5-4-6-9-18)27-12-7-14-30-23(31)21-19-10-11-20(16-19)22(21)24(30)32;/h4-6,8-11,19-22H,3,7,12-17H2,1-2H3,(H2,26,27,28);1H. The SMILES string of the molecule is CCNC(=NCCCN1C(=O)C2C3C=CC(C3)C2C1=O)NCCN(C)Cc1ccccc1.I. The van der Waals surface area contributed by atoms with E-state index in [1.807, 2.05) is 13.0 Å².